The summed E-state index contributed by atoms with van der Waals surface area (Å²) in [7, 11) is 1.80. The first-order valence-electron chi connectivity index (χ1n) is 6.56. The number of aromatic nitrogens is 1. The highest BCUT2D eigenvalue weighted by Gasteiger charge is 2.12. The highest BCUT2D eigenvalue weighted by atomic mass is 19.1. The van der Waals surface area contributed by atoms with Crippen molar-refractivity contribution in [3.05, 3.63) is 52.5 Å². The van der Waals surface area contributed by atoms with Crippen LogP contribution in [0.1, 0.15) is 22.3 Å². The van der Waals surface area contributed by atoms with Gasteiger partial charge in [0.25, 0.3) is 0 Å². The standard InChI is InChI=1S/C16H19FN2O/c1-10-5-6-11(2)15(12(10)3)20-16-13(8-18-4)7-14(17)9-19-16/h5-7,9,18H,8H2,1-4H3. The van der Waals surface area contributed by atoms with Crippen molar-refractivity contribution in [1.29, 1.82) is 0 Å². The van der Waals surface area contributed by atoms with Crippen molar-refractivity contribution in [3.8, 4) is 11.6 Å². The molecule has 0 saturated heterocycles. The van der Waals surface area contributed by atoms with Crippen molar-refractivity contribution < 1.29 is 9.13 Å². The Morgan fingerprint density at radius 3 is 2.60 bits per heavy atom. The molecule has 1 heterocycles. The molecule has 0 aliphatic rings. The zero-order valence-electron chi connectivity index (χ0n) is 12.2. The lowest BCUT2D eigenvalue weighted by molar-refractivity contribution is 0.443. The number of nitrogens with one attached hydrogen (secondary N) is 1. The largest absolute Gasteiger partial charge is 0.438 e. The van der Waals surface area contributed by atoms with Crippen LogP contribution in [0.25, 0.3) is 0 Å². The van der Waals surface area contributed by atoms with Gasteiger partial charge in [0, 0.05) is 12.1 Å². The van der Waals surface area contributed by atoms with Gasteiger partial charge in [-0.1, -0.05) is 12.1 Å². The van der Waals surface area contributed by atoms with E-state index in [2.05, 4.69) is 16.4 Å². The summed E-state index contributed by atoms with van der Waals surface area (Å²) in [6.07, 6.45) is 1.18. The van der Waals surface area contributed by atoms with Crippen LogP contribution in [0, 0.1) is 26.6 Å². The highest BCUT2D eigenvalue weighted by Crippen LogP contribution is 2.31. The summed E-state index contributed by atoms with van der Waals surface area (Å²) in [6, 6.07) is 5.52. The van der Waals surface area contributed by atoms with Crippen LogP contribution in [0.15, 0.2) is 24.4 Å². The predicted molar refractivity (Wildman–Crippen MR) is 77.7 cm³/mol. The number of nitrogens with zero attached hydrogens (tertiary/aromatic N) is 1. The minimum Gasteiger partial charge on any atom is -0.438 e. The average Bonchev–Trinajstić information content (AvgIpc) is 2.42. The van der Waals surface area contributed by atoms with Crippen molar-refractivity contribution >= 4 is 0 Å². The third kappa shape index (κ3) is 2.96. The van der Waals surface area contributed by atoms with Gasteiger partial charge < -0.3 is 10.1 Å². The van der Waals surface area contributed by atoms with Gasteiger partial charge in [-0.15, -0.1) is 0 Å². The second-order valence-electron chi connectivity index (χ2n) is 4.90. The van der Waals surface area contributed by atoms with Crippen molar-refractivity contribution in [2.24, 2.45) is 0 Å². The number of pyridine rings is 1. The average molecular weight is 274 g/mol. The third-order valence-corrected chi connectivity index (χ3v) is 3.33. The first-order valence-corrected chi connectivity index (χ1v) is 6.56. The van der Waals surface area contributed by atoms with Gasteiger partial charge in [0.05, 0.1) is 6.20 Å². The number of ether oxygens (including phenoxy) is 1. The summed E-state index contributed by atoms with van der Waals surface area (Å²) in [5.74, 6) is 0.874. The number of hydrogen-bond acceptors (Lipinski definition) is 3. The second kappa shape index (κ2) is 6.01. The summed E-state index contributed by atoms with van der Waals surface area (Å²) in [4.78, 5) is 4.07. The van der Waals surface area contributed by atoms with Gasteiger partial charge in [0.15, 0.2) is 0 Å². The smallest absolute Gasteiger partial charge is 0.223 e. The van der Waals surface area contributed by atoms with Crippen molar-refractivity contribution in [2.75, 3.05) is 7.05 Å². The van der Waals surface area contributed by atoms with E-state index in [4.69, 9.17) is 4.74 Å². The maximum atomic E-state index is 13.3. The van der Waals surface area contributed by atoms with Crippen LogP contribution in [-0.2, 0) is 6.54 Å². The normalized spacial score (nSPS) is 10.7. The first kappa shape index (κ1) is 14.5. The van der Waals surface area contributed by atoms with E-state index in [-0.39, 0.29) is 5.82 Å². The maximum absolute atomic E-state index is 13.3. The second-order valence-corrected chi connectivity index (χ2v) is 4.90. The van der Waals surface area contributed by atoms with Crippen molar-refractivity contribution in [1.82, 2.24) is 10.3 Å². The molecule has 0 spiro atoms. The molecule has 2 rings (SSSR count). The van der Waals surface area contributed by atoms with Gasteiger partial charge in [0.2, 0.25) is 5.88 Å². The Hall–Kier alpha value is -1.94. The topological polar surface area (TPSA) is 34.2 Å². The number of rotatable bonds is 4. The Bertz CT molecular complexity index is 626. The molecule has 1 aromatic carbocycles. The molecule has 0 fully saturated rings. The molecule has 2 aromatic rings. The van der Waals surface area contributed by atoms with Crippen LogP contribution in [0.5, 0.6) is 11.6 Å². The van der Waals surface area contributed by atoms with Crippen LogP contribution in [0.2, 0.25) is 0 Å². The van der Waals surface area contributed by atoms with Crippen LogP contribution >= 0.6 is 0 Å². The minimum atomic E-state index is -0.361. The van der Waals surface area contributed by atoms with Crippen LogP contribution in [0.4, 0.5) is 4.39 Å². The fourth-order valence-corrected chi connectivity index (χ4v) is 2.06. The summed E-state index contributed by atoms with van der Waals surface area (Å²) in [6.45, 7) is 6.54. The molecular weight excluding hydrogens is 255 g/mol. The Morgan fingerprint density at radius 2 is 1.90 bits per heavy atom. The molecular formula is C16H19FN2O. The zero-order chi connectivity index (χ0) is 14.7. The van der Waals surface area contributed by atoms with Crippen LogP contribution < -0.4 is 10.1 Å². The van der Waals surface area contributed by atoms with E-state index in [1.807, 2.05) is 26.8 Å². The molecule has 0 aliphatic heterocycles. The van der Waals surface area contributed by atoms with E-state index in [1.54, 1.807) is 7.05 Å². The van der Waals surface area contributed by atoms with E-state index >= 15 is 0 Å². The fraction of sp³-hybridized carbons (Fsp3) is 0.312. The Morgan fingerprint density at radius 1 is 1.20 bits per heavy atom. The van der Waals surface area contributed by atoms with Gasteiger partial charge >= 0.3 is 0 Å². The lowest BCUT2D eigenvalue weighted by Crippen LogP contribution is -2.08. The predicted octanol–water partition coefficient (Wildman–Crippen LogP) is 3.66. The molecule has 0 atom stereocenters. The number of benzene rings is 1. The van der Waals surface area contributed by atoms with E-state index in [0.717, 1.165) is 22.4 Å². The minimum absolute atomic E-state index is 0.361. The molecule has 1 aromatic heterocycles. The van der Waals surface area contributed by atoms with Crippen molar-refractivity contribution in [2.45, 2.75) is 27.3 Å². The molecule has 0 amide bonds. The quantitative estimate of drug-likeness (QED) is 0.924. The Kier molecular flexibility index (Phi) is 4.35. The molecule has 0 bridgehead atoms. The summed E-state index contributed by atoms with van der Waals surface area (Å²) in [5, 5.41) is 2.99. The molecule has 0 unspecified atom stereocenters. The van der Waals surface area contributed by atoms with E-state index in [9.17, 15) is 4.39 Å². The molecule has 0 radical (unpaired) electrons. The Balaban J connectivity index is 2.42. The molecule has 106 valence electrons. The summed E-state index contributed by atoms with van der Waals surface area (Å²) < 4.78 is 19.2. The summed E-state index contributed by atoms with van der Waals surface area (Å²) in [5.41, 5.74) is 3.97. The maximum Gasteiger partial charge on any atom is 0.223 e. The van der Waals surface area contributed by atoms with Gasteiger partial charge in [-0.25, -0.2) is 9.37 Å². The lowest BCUT2D eigenvalue weighted by atomic mass is 10.1. The Labute approximate surface area is 118 Å². The third-order valence-electron chi connectivity index (χ3n) is 3.33. The van der Waals surface area contributed by atoms with E-state index < -0.39 is 0 Å². The first-order chi connectivity index (χ1) is 9.52. The zero-order valence-corrected chi connectivity index (χ0v) is 12.2. The van der Waals surface area contributed by atoms with Gasteiger partial charge in [-0.05, 0) is 50.6 Å². The van der Waals surface area contributed by atoms with Gasteiger partial charge in [-0.2, -0.15) is 0 Å². The SMILES string of the molecule is CNCc1cc(F)cnc1Oc1c(C)ccc(C)c1C. The van der Waals surface area contributed by atoms with E-state index in [0.29, 0.717) is 18.0 Å². The molecule has 0 saturated carbocycles. The van der Waals surface area contributed by atoms with Gasteiger partial charge in [-0.3, -0.25) is 0 Å². The molecule has 20 heavy (non-hydrogen) atoms. The summed E-state index contributed by atoms with van der Waals surface area (Å²) >= 11 is 0. The molecule has 0 aliphatic carbocycles. The molecule has 3 nitrogen and oxygen atoms in total. The number of halogens is 1. The molecule has 1 N–H and O–H groups in total. The highest BCUT2D eigenvalue weighted by molar-refractivity contribution is 5.47. The fourth-order valence-electron chi connectivity index (χ4n) is 2.06. The van der Waals surface area contributed by atoms with E-state index in [1.165, 1.54) is 12.3 Å². The molecule has 4 heteroatoms. The lowest BCUT2D eigenvalue weighted by Gasteiger charge is -2.15. The van der Waals surface area contributed by atoms with Gasteiger partial charge in [0.1, 0.15) is 11.6 Å². The van der Waals surface area contributed by atoms with Crippen LogP contribution in [-0.4, -0.2) is 12.0 Å². The number of hydrogen-bond donors (Lipinski definition) is 1. The van der Waals surface area contributed by atoms with Crippen LogP contribution in [0.3, 0.4) is 0 Å². The number of aryl methyl sites for hydroxylation is 2. The monoisotopic (exact) mass is 274 g/mol. The van der Waals surface area contributed by atoms with Crippen molar-refractivity contribution in [3.63, 3.8) is 0 Å².